The molecule has 0 saturated heterocycles. The Hall–Kier alpha value is -2.93. The molecule has 6 nitrogen and oxygen atoms in total. The zero-order valence-corrected chi connectivity index (χ0v) is 19.7. The first-order valence-electron chi connectivity index (χ1n) is 10.8. The van der Waals surface area contributed by atoms with Crippen LogP contribution in [0.3, 0.4) is 0 Å². The molecule has 0 unspecified atom stereocenters. The van der Waals surface area contributed by atoms with E-state index in [-0.39, 0.29) is 6.03 Å². The van der Waals surface area contributed by atoms with Crippen LogP contribution in [0.4, 0.5) is 14.9 Å². The van der Waals surface area contributed by atoms with Crippen LogP contribution in [0.15, 0.2) is 34.7 Å². The molecule has 33 heavy (non-hydrogen) atoms. The summed E-state index contributed by atoms with van der Waals surface area (Å²) < 4.78 is 17.4. The molecular weight excluding hydrogens is 457 g/mol. The number of thiophene rings is 1. The highest BCUT2D eigenvalue weighted by Gasteiger charge is 2.24. The van der Waals surface area contributed by atoms with E-state index in [2.05, 4.69) is 39.1 Å². The average Bonchev–Trinajstić information content (AvgIpc) is 3.41. The van der Waals surface area contributed by atoms with Crippen molar-refractivity contribution in [3.8, 4) is 17.2 Å². The van der Waals surface area contributed by atoms with E-state index >= 15 is 0 Å². The van der Waals surface area contributed by atoms with Gasteiger partial charge in [0.25, 0.3) is 0 Å². The van der Waals surface area contributed by atoms with Crippen molar-refractivity contribution in [2.75, 3.05) is 18.9 Å². The quantitative estimate of drug-likeness (QED) is 0.401. The van der Waals surface area contributed by atoms with Gasteiger partial charge in [0.15, 0.2) is 0 Å². The molecule has 9 heteroatoms. The third-order valence-corrected chi connectivity index (χ3v) is 8.31. The molecule has 3 heterocycles. The summed E-state index contributed by atoms with van der Waals surface area (Å²) >= 11 is 2.74. The maximum atomic E-state index is 13.8. The van der Waals surface area contributed by atoms with E-state index in [1.807, 2.05) is 6.07 Å². The van der Waals surface area contributed by atoms with Crippen LogP contribution in [0.25, 0.3) is 11.1 Å². The van der Waals surface area contributed by atoms with Crippen LogP contribution in [0.5, 0.6) is 0 Å². The second-order valence-corrected chi connectivity index (χ2v) is 10.5. The lowest BCUT2D eigenvalue weighted by atomic mass is 9.98. The van der Waals surface area contributed by atoms with Crippen molar-refractivity contribution >= 4 is 35.0 Å². The lowest BCUT2D eigenvalue weighted by Gasteiger charge is -2.21. The Morgan fingerprint density at radius 1 is 1.27 bits per heavy atom. The Bertz CT molecular complexity index is 1280. The van der Waals surface area contributed by atoms with Gasteiger partial charge in [-0.05, 0) is 61.1 Å². The van der Waals surface area contributed by atoms with Crippen molar-refractivity contribution in [2.45, 2.75) is 36.4 Å². The molecule has 2 amide bonds. The highest BCUT2D eigenvalue weighted by Crippen LogP contribution is 2.39. The smallest absolute Gasteiger partial charge is 0.306 e. The lowest BCUT2D eigenvalue weighted by molar-refractivity contribution is 0.257. The Morgan fingerprint density at radius 3 is 2.97 bits per heavy atom. The van der Waals surface area contributed by atoms with Gasteiger partial charge in [0.1, 0.15) is 6.07 Å². The summed E-state index contributed by atoms with van der Waals surface area (Å²) in [6, 6.07) is 9.05. The van der Waals surface area contributed by atoms with E-state index in [9.17, 15) is 14.4 Å². The van der Waals surface area contributed by atoms with Gasteiger partial charge in [0.05, 0.1) is 15.5 Å². The zero-order valence-electron chi connectivity index (χ0n) is 18.1. The molecule has 2 aromatic heterocycles. The van der Waals surface area contributed by atoms with Gasteiger partial charge in [-0.1, -0.05) is 12.1 Å². The number of halogens is 1. The van der Waals surface area contributed by atoms with Gasteiger partial charge in [0.2, 0.25) is 5.95 Å². The van der Waals surface area contributed by atoms with E-state index in [4.69, 9.17) is 0 Å². The van der Waals surface area contributed by atoms with Gasteiger partial charge in [-0.25, -0.2) is 9.78 Å². The second-order valence-electron chi connectivity index (χ2n) is 8.27. The van der Waals surface area contributed by atoms with Crippen molar-refractivity contribution in [3.05, 3.63) is 63.5 Å². The van der Waals surface area contributed by atoms with Crippen LogP contribution in [-0.2, 0) is 25.8 Å². The Balaban J connectivity index is 1.38. The van der Waals surface area contributed by atoms with Crippen molar-refractivity contribution in [2.24, 2.45) is 0 Å². The molecule has 1 aliphatic heterocycles. The molecule has 0 fully saturated rings. The summed E-state index contributed by atoms with van der Waals surface area (Å²) in [5.74, 6) is -0.560. The van der Waals surface area contributed by atoms with Gasteiger partial charge in [-0.3, -0.25) is 4.72 Å². The number of amides is 2. The fraction of sp³-hybridized carbons (Fsp3) is 0.292. The fourth-order valence-electron chi connectivity index (χ4n) is 4.54. The molecule has 0 saturated carbocycles. The number of hydrogen-bond donors (Lipinski definition) is 2. The van der Waals surface area contributed by atoms with E-state index in [1.165, 1.54) is 34.7 Å². The number of anilines is 1. The first kappa shape index (κ1) is 21.9. The SMILES string of the molecule is CN1CCc2c(sc(SNC(=O)Nc3c(-c4ccnc(F)c4)ccc4c3CCC4)c2C#N)C1. The number of urea groups is 1. The molecule has 3 aromatic rings. The number of hydrogen-bond acceptors (Lipinski definition) is 6. The van der Waals surface area contributed by atoms with Crippen molar-refractivity contribution in [3.63, 3.8) is 0 Å². The largest absolute Gasteiger partial charge is 0.329 e. The number of nitrogens with one attached hydrogen (secondary N) is 2. The highest BCUT2D eigenvalue weighted by molar-refractivity contribution is 7.99. The van der Waals surface area contributed by atoms with Crippen LogP contribution in [-0.4, -0.2) is 29.5 Å². The van der Waals surface area contributed by atoms with Gasteiger partial charge < -0.3 is 10.2 Å². The minimum Gasteiger partial charge on any atom is -0.306 e. The summed E-state index contributed by atoms with van der Waals surface area (Å²) in [6.07, 6.45) is 5.13. The molecule has 5 rings (SSSR count). The second kappa shape index (κ2) is 9.14. The van der Waals surface area contributed by atoms with Crippen LogP contribution in [0.2, 0.25) is 0 Å². The van der Waals surface area contributed by atoms with Crippen LogP contribution in [0, 0.1) is 17.3 Å². The van der Waals surface area contributed by atoms with Gasteiger partial charge >= 0.3 is 6.03 Å². The topological polar surface area (TPSA) is 81.1 Å². The summed E-state index contributed by atoms with van der Waals surface area (Å²) in [4.78, 5) is 20.0. The Kier molecular flexibility index (Phi) is 6.06. The third kappa shape index (κ3) is 4.34. The molecule has 0 radical (unpaired) electrons. The highest BCUT2D eigenvalue weighted by atomic mass is 32.2. The number of rotatable bonds is 4. The van der Waals surface area contributed by atoms with Crippen molar-refractivity contribution in [1.29, 1.82) is 5.26 Å². The number of pyridine rings is 1. The molecule has 0 spiro atoms. The van der Waals surface area contributed by atoms with E-state index in [0.29, 0.717) is 16.8 Å². The summed E-state index contributed by atoms with van der Waals surface area (Å²) in [7, 11) is 2.07. The van der Waals surface area contributed by atoms with Gasteiger partial charge in [-0.2, -0.15) is 9.65 Å². The minimum absolute atomic E-state index is 0.372. The number of carbonyl (C=O) groups excluding carboxylic acids is 1. The summed E-state index contributed by atoms with van der Waals surface area (Å²) in [6.45, 7) is 1.75. The molecule has 1 aliphatic carbocycles. The van der Waals surface area contributed by atoms with E-state index < -0.39 is 5.95 Å². The number of aromatic nitrogens is 1. The predicted molar refractivity (Wildman–Crippen MR) is 129 cm³/mol. The van der Waals surface area contributed by atoms with Crippen molar-refractivity contribution < 1.29 is 9.18 Å². The van der Waals surface area contributed by atoms with E-state index in [1.54, 1.807) is 17.4 Å². The number of likely N-dealkylation sites (N-methyl/N-ethyl adjacent to an activating group) is 1. The number of aryl methyl sites for hydroxylation is 1. The number of benzene rings is 1. The standard InChI is InChI=1S/C24H22FN5OS2/c1-30-10-8-18-19(12-26)23(32-20(18)13-30)33-29-24(31)28-22-16-4-2-3-14(16)5-6-17(22)15-7-9-27-21(25)11-15/h5-7,9,11H,2-4,8,10,13H2,1H3,(H2,28,29,31). The Labute approximate surface area is 200 Å². The van der Waals surface area contributed by atoms with E-state index in [0.717, 1.165) is 59.7 Å². The van der Waals surface area contributed by atoms with Crippen LogP contribution in [0.1, 0.15) is 33.6 Å². The Morgan fingerprint density at radius 2 is 2.15 bits per heavy atom. The molecule has 1 aromatic carbocycles. The predicted octanol–water partition coefficient (Wildman–Crippen LogP) is 5.13. The molecule has 168 valence electrons. The van der Waals surface area contributed by atoms with Crippen LogP contribution < -0.4 is 10.0 Å². The normalized spacial score (nSPS) is 14.9. The number of nitriles is 1. The number of fused-ring (bicyclic) bond motifs is 2. The van der Waals surface area contributed by atoms with Gasteiger partial charge in [-0.15, -0.1) is 11.3 Å². The minimum atomic E-state index is -0.560. The number of carbonyl (C=O) groups is 1. The maximum Gasteiger partial charge on any atom is 0.329 e. The number of nitrogens with zero attached hydrogens (tertiary/aromatic N) is 3. The first-order valence-corrected chi connectivity index (χ1v) is 12.4. The maximum absolute atomic E-state index is 13.8. The average molecular weight is 480 g/mol. The molecule has 0 bridgehead atoms. The third-order valence-electron chi connectivity index (χ3n) is 6.12. The molecule has 0 atom stereocenters. The monoisotopic (exact) mass is 479 g/mol. The summed E-state index contributed by atoms with van der Waals surface area (Å²) in [5.41, 5.74) is 6.22. The molecule has 2 N–H and O–H groups in total. The first-order chi connectivity index (χ1) is 16.0. The molecule has 2 aliphatic rings. The fourth-order valence-corrected chi connectivity index (χ4v) is 6.75. The lowest BCUT2D eigenvalue weighted by Crippen LogP contribution is -2.25. The van der Waals surface area contributed by atoms with Crippen molar-refractivity contribution in [1.82, 2.24) is 14.6 Å². The van der Waals surface area contributed by atoms with Gasteiger partial charge in [0, 0.05) is 47.7 Å². The van der Waals surface area contributed by atoms with Crippen LogP contribution >= 0.6 is 23.3 Å². The summed E-state index contributed by atoms with van der Waals surface area (Å²) in [5, 5.41) is 12.7. The molecular formula is C24H22FN5OS2. The zero-order chi connectivity index (χ0) is 22.9.